The maximum atomic E-state index is 11.9. The summed E-state index contributed by atoms with van der Waals surface area (Å²) in [4.78, 5) is 13.9. The fourth-order valence-electron chi connectivity index (χ4n) is 2.11. The number of rotatable bonds is 5. The Hall–Kier alpha value is -0.570. The van der Waals surface area contributed by atoms with Crippen molar-refractivity contribution in [2.75, 3.05) is 19.6 Å². The number of carbonyl (C=O) groups is 1. The van der Waals surface area contributed by atoms with Gasteiger partial charge in [-0.3, -0.25) is 4.79 Å². The van der Waals surface area contributed by atoms with Crippen LogP contribution in [0.15, 0.2) is 0 Å². The van der Waals surface area contributed by atoms with Gasteiger partial charge in [-0.25, -0.2) is 0 Å². The van der Waals surface area contributed by atoms with Crippen molar-refractivity contribution in [3.05, 3.63) is 0 Å². The largest absolute Gasteiger partial charge is 0.341 e. The molecule has 0 bridgehead atoms. The van der Waals surface area contributed by atoms with Crippen LogP contribution in [0.2, 0.25) is 0 Å². The van der Waals surface area contributed by atoms with Crippen LogP contribution in [0.25, 0.3) is 0 Å². The predicted molar refractivity (Wildman–Crippen MR) is 62.7 cm³/mol. The molecule has 0 aromatic carbocycles. The van der Waals surface area contributed by atoms with Crippen LogP contribution < -0.4 is 5.32 Å². The van der Waals surface area contributed by atoms with Gasteiger partial charge in [0, 0.05) is 25.0 Å². The average molecular weight is 212 g/mol. The van der Waals surface area contributed by atoms with E-state index in [0.29, 0.717) is 11.9 Å². The summed E-state index contributed by atoms with van der Waals surface area (Å²) in [7, 11) is 0. The zero-order chi connectivity index (χ0) is 11.3. The van der Waals surface area contributed by atoms with Crippen LogP contribution in [0.3, 0.4) is 0 Å². The Labute approximate surface area is 93.2 Å². The third kappa shape index (κ3) is 3.82. The Balaban J connectivity index is 2.45. The molecule has 15 heavy (non-hydrogen) atoms. The van der Waals surface area contributed by atoms with E-state index in [2.05, 4.69) is 12.2 Å². The smallest absolute Gasteiger partial charge is 0.225 e. The maximum absolute atomic E-state index is 11.9. The lowest BCUT2D eigenvalue weighted by Gasteiger charge is -2.27. The molecule has 0 aromatic rings. The normalized spacial score (nSPS) is 20.9. The van der Waals surface area contributed by atoms with Crippen LogP contribution >= 0.6 is 0 Å². The molecular weight excluding hydrogens is 188 g/mol. The molecule has 0 aliphatic carbocycles. The first-order valence-corrected chi connectivity index (χ1v) is 6.17. The van der Waals surface area contributed by atoms with Gasteiger partial charge in [0.1, 0.15) is 0 Å². The fourth-order valence-corrected chi connectivity index (χ4v) is 2.11. The molecule has 1 saturated heterocycles. The Kier molecular flexibility index (Phi) is 5.09. The van der Waals surface area contributed by atoms with Crippen molar-refractivity contribution in [2.24, 2.45) is 5.92 Å². The molecule has 1 heterocycles. The van der Waals surface area contributed by atoms with Crippen LogP contribution in [-0.2, 0) is 4.79 Å². The SMILES string of the molecule is CCCN(CC1CCCN1)C(=O)C(C)C. The number of nitrogens with one attached hydrogen (secondary N) is 1. The van der Waals surface area contributed by atoms with E-state index in [4.69, 9.17) is 0 Å². The molecule has 1 aliphatic heterocycles. The number of hydrogen-bond acceptors (Lipinski definition) is 2. The van der Waals surface area contributed by atoms with Gasteiger partial charge in [-0.1, -0.05) is 20.8 Å². The molecule has 1 atom stereocenters. The fraction of sp³-hybridized carbons (Fsp3) is 0.917. The third-order valence-electron chi connectivity index (χ3n) is 2.90. The van der Waals surface area contributed by atoms with E-state index >= 15 is 0 Å². The zero-order valence-electron chi connectivity index (χ0n) is 10.3. The van der Waals surface area contributed by atoms with E-state index < -0.39 is 0 Å². The Bertz CT molecular complexity index is 198. The first-order chi connectivity index (χ1) is 7.15. The highest BCUT2D eigenvalue weighted by Gasteiger charge is 2.22. The van der Waals surface area contributed by atoms with Crippen molar-refractivity contribution in [1.82, 2.24) is 10.2 Å². The van der Waals surface area contributed by atoms with Crippen molar-refractivity contribution >= 4 is 5.91 Å². The van der Waals surface area contributed by atoms with Gasteiger partial charge >= 0.3 is 0 Å². The zero-order valence-corrected chi connectivity index (χ0v) is 10.3. The molecular formula is C12H24N2O. The predicted octanol–water partition coefficient (Wildman–Crippen LogP) is 1.63. The monoisotopic (exact) mass is 212 g/mol. The van der Waals surface area contributed by atoms with Crippen LogP contribution in [0.5, 0.6) is 0 Å². The summed E-state index contributed by atoms with van der Waals surface area (Å²) in [5.74, 6) is 0.420. The van der Waals surface area contributed by atoms with E-state index in [1.807, 2.05) is 18.7 Å². The summed E-state index contributed by atoms with van der Waals surface area (Å²) in [6.45, 7) is 8.99. The van der Waals surface area contributed by atoms with Crippen LogP contribution in [0, 0.1) is 5.92 Å². The summed E-state index contributed by atoms with van der Waals surface area (Å²) in [5, 5.41) is 3.45. The molecule has 1 rings (SSSR count). The lowest BCUT2D eigenvalue weighted by molar-refractivity contribution is -0.134. The first-order valence-electron chi connectivity index (χ1n) is 6.17. The molecule has 1 unspecified atom stereocenters. The lowest BCUT2D eigenvalue weighted by Crippen LogP contribution is -2.43. The quantitative estimate of drug-likeness (QED) is 0.751. The van der Waals surface area contributed by atoms with E-state index in [1.165, 1.54) is 12.8 Å². The van der Waals surface area contributed by atoms with Crippen molar-refractivity contribution in [1.29, 1.82) is 0 Å². The van der Waals surface area contributed by atoms with Crippen LogP contribution in [0.4, 0.5) is 0 Å². The molecule has 0 spiro atoms. The number of carbonyl (C=O) groups excluding carboxylic acids is 1. The second-order valence-corrected chi connectivity index (χ2v) is 4.73. The molecule has 88 valence electrons. The molecule has 1 fully saturated rings. The molecule has 1 N–H and O–H groups in total. The van der Waals surface area contributed by atoms with Gasteiger partial charge in [-0.2, -0.15) is 0 Å². The second-order valence-electron chi connectivity index (χ2n) is 4.73. The Morgan fingerprint density at radius 3 is 2.73 bits per heavy atom. The van der Waals surface area contributed by atoms with Crippen molar-refractivity contribution < 1.29 is 4.79 Å². The highest BCUT2D eigenvalue weighted by molar-refractivity contribution is 5.78. The van der Waals surface area contributed by atoms with Gasteiger partial charge in [0.15, 0.2) is 0 Å². The molecule has 0 saturated carbocycles. The number of hydrogen-bond donors (Lipinski definition) is 1. The first kappa shape index (κ1) is 12.5. The van der Waals surface area contributed by atoms with Gasteiger partial charge < -0.3 is 10.2 Å². The lowest BCUT2D eigenvalue weighted by atomic mass is 10.1. The topological polar surface area (TPSA) is 32.3 Å². The van der Waals surface area contributed by atoms with Crippen LogP contribution in [-0.4, -0.2) is 36.5 Å². The highest BCUT2D eigenvalue weighted by atomic mass is 16.2. The van der Waals surface area contributed by atoms with E-state index in [-0.39, 0.29) is 5.92 Å². The number of amides is 1. The van der Waals surface area contributed by atoms with E-state index in [0.717, 1.165) is 26.1 Å². The molecule has 1 aliphatic rings. The Morgan fingerprint density at radius 2 is 2.27 bits per heavy atom. The summed E-state index contributed by atoms with van der Waals surface area (Å²) < 4.78 is 0. The van der Waals surface area contributed by atoms with Gasteiger partial charge in [0.05, 0.1) is 0 Å². The van der Waals surface area contributed by atoms with E-state index in [9.17, 15) is 4.79 Å². The maximum Gasteiger partial charge on any atom is 0.225 e. The minimum Gasteiger partial charge on any atom is -0.341 e. The molecule has 1 amide bonds. The van der Waals surface area contributed by atoms with E-state index in [1.54, 1.807) is 0 Å². The summed E-state index contributed by atoms with van der Waals surface area (Å²) in [6.07, 6.45) is 3.51. The van der Waals surface area contributed by atoms with Crippen LogP contribution in [0.1, 0.15) is 40.0 Å². The molecule has 0 aromatic heterocycles. The molecule has 3 nitrogen and oxygen atoms in total. The van der Waals surface area contributed by atoms with Crippen molar-refractivity contribution in [3.63, 3.8) is 0 Å². The van der Waals surface area contributed by atoms with Gasteiger partial charge in [0.2, 0.25) is 5.91 Å². The minimum absolute atomic E-state index is 0.123. The highest BCUT2D eigenvalue weighted by Crippen LogP contribution is 2.10. The second kappa shape index (κ2) is 6.11. The summed E-state index contributed by atoms with van der Waals surface area (Å²) >= 11 is 0. The molecule has 0 radical (unpaired) electrons. The van der Waals surface area contributed by atoms with Crippen molar-refractivity contribution in [3.8, 4) is 0 Å². The standard InChI is InChI=1S/C12H24N2O/c1-4-8-14(12(15)10(2)3)9-11-6-5-7-13-11/h10-11,13H,4-9H2,1-3H3. The van der Waals surface area contributed by atoms with Gasteiger partial charge in [-0.05, 0) is 25.8 Å². The summed E-state index contributed by atoms with van der Waals surface area (Å²) in [6, 6.07) is 0.527. The van der Waals surface area contributed by atoms with Crippen molar-refractivity contribution in [2.45, 2.75) is 46.1 Å². The van der Waals surface area contributed by atoms with Gasteiger partial charge in [-0.15, -0.1) is 0 Å². The molecule has 3 heteroatoms. The minimum atomic E-state index is 0.123. The third-order valence-corrected chi connectivity index (χ3v) is 2.90. The van der Waals surface area contributed by atoms with Gasteiger partial charge in [0.25, 0.3) is 0 Å². The average Bonchev–Trinajstić information content (AvgIpc) is 2.68. The Morgan fingerprint density at radius 1 is 1.53 bits per heavy atom. The summed E-state index contributed by atoms with van der Waals surface area (Å²) in [5.41, 5.74) is 0. The number of nitrogens with zero attached hydrogens (tertiary/aromatic N) is 1.